The number of hydrogen-bond acceptors (Lipinski definition) is 17. The molecule has 368 valence electrons. The number of allylic oxidation sites excluding steroid dienone is 12. The highest BCUT2D eigenvalue weighted by atomic mass is 16.7. The molecule has 0 aromatic carbocycles. The third-order valence-electron chi connectivity index (χ3n) is 12.0. The monoisotopic (exact) mass is 923 g/mol. The minimum atomic E-state index is -2.33. The molecule has 3 rings (SSSR count). The number of carboxylic acids is 1. The SMILES string of the molecule is C[C@@H]1[C@H](O)[C@@H](C)/C=C/C=C/C=C/C=C/C=C/C=C/C=C/[C@H](O[C@@H]2O[C@H](C)[C@@H](O)[C@H](N)[C@H]2O)C[C@@H]2O[C@](O)(C[C@@H](O)C[C@@H](O)[C@H](O)CC[C@@H](O)C[C@@H](O)CC(=O)O[C@H]1C)C[C@H](O)[C@H]2C(=O)O. The van der Waals surface area contributed by atoms with Gasteiger partial charge in [0, 0.05) is 37.5 Å². The van der Waals surface area contributed by atoms with Gasteiger partial charge in [0.15, 0.2) is 12.1 Å². The molecule has 3 aliphatic rings. The number of aliphatic hydroxyl groups is 10. The topological polar surface area (TPSA) is 320 Å². The van der Waals surface area contributed by atoms with Gasteiger partial charge in [0.05, 0.1) is 79.6 Å². The molecule has 0 saturated carbocycles. The van der Waals surface area contributed by atoms with Gasteiger partial charge in [-0.05, 0) is 33.1 Å². The minimum Gasteiger partial charge on any atom is -0.481 e. The van der Waals surface area contributed by atoms with Crippen LogP contribution in [-0.2, 0) is 28.5 Å². The Labute approximate surface area is 381 Å². The summed E-state index contributed by atoms with van der Waals surface area (Å²) in [5, 5.41) is 118. The maximum absolute atomic E-state index is 12.6. The molecule has 65 heavy (non-hydrogen) atoms. The summed E-state index contributed by atoms with van der Waals surface area (Å²) in [5.74, 6) is -6.83. The zero-order valence-electron chi connectivity index (χ0n) is 37.6. The summed E-state index contributed by atoms with van der Waals surface area (Å²) in [6.07, 6.45) is 3.46. The first-order valence-electron chi connectivity index (χ1n) is 22.3. The Morgan fingerprint density at radius 3 is 1.82 bits per heavy atom. The second kappa shape index (κ2) is 27.4. The van der Waals surface area contributed by atoms with E-state index in [4.69, 9.17) is 24.7 Å². The third kappa shape index (κ3) is 18.6. The average molecular weight is 924 g/mol. The van der Waals surface area contributed by atoms with Gasteiger partial charge in [-0.1, -0.05) is 98.9 Å². The average Bonchev–Trinajstić information content (AvgIpc) is 3.21. The number of rotatable bonds is 3. The maximum atomic E-state index is 12.6. The lowest BCUT2D eigenvalue weighted by molar-refractivity contribution is -0.308. The van der Waals surface area contributed by atoms with Crippen molar-refractivity contribution in [2.45, 2.75) is 177 Å². The van der Waals surface area contributed by atoms with Crippen molar-refractivity contribution in [2.75, 3.05) is 0 Å². The van der Waals surface area contributed by atoms with E-state index >= 15 is 0 Å². The van der Waals surface area contributed by atoms with E-state index in [1.54, 1.807) is 80.7 Å². The van der Waals surface area contributed by atoms with Crippen LogP contribution in [0.2, 0.25) is 0 Å². The normalized spacial score (nSPS) is 45.5. The molecule has 0 radical (unpaired) electrons. The zero-order valence-corrected chi connectivity index (χ0v) is 37.6. The number of hydrogen-bond donors (Lipinski definition) is 12. The highest BCUT2D eigenvalue weighted by molar-refractivity contribution is 5.71. The predicted octanol–water partition coefficient (Wildman–Crippen LogP) is 0.712. The zero-order chi connectivity index (χ0) is 48.4. The Balaban J connectivity index is 1.86. The summed E-state index contributed by atoms with van der Waals surface area (Å²) in [6.45, 7) is 6.74. The highest BCUT2D eigenvalue weighted by Crippen LogP contribution is 2.38. The smallest absolute Gasteiger partial charge is 0.311 e. The van der Waals surface area contributed by atoms with Gasteiger partial charge in [-0.15, -0.1) is 0 Å². The third-order valence-corrected chi connectivity index (χ3v) is 12.0. The van der Waals surface area contributed by atoms with Crippen LogP contribution in [0.15, 0.2) is 85.1 Å². The summed E-state index contributed by atoms with van der Waals surface area (Å²) in [5.41, 5.74) is 6.02. The van der Waals surface area contributed by atoms with E-state index in [1.165, 1.54) is 13.0 Å². The standard InChI is InChI=1S/C47H73NO17/c1-27-17-15-13-11-9-7-5-6-8-10-12-14-16-18-34(64-46-44(58)41(48)43(57)30(4)63-46)24-38-40(45(59)60)37(54)26-47(61,65-38)25-33(51)22-36(53)35(52)20-19-31(49)21-32(50)23-39(55)62-29(3)28(2)42(27)56/h5-18,27-38,40-44,46,49-54,56-58,61H,19-26,48H2,1-4H3,(H,59,60)/b6-5+,9-7+,10-8+,13-11+,14-12+,17-15+,18-16+/t27-,28-,29-,30+,31+,32+,33-,34-,35+,36+,37-,38-,40+,41-,42+,43+,44+,46-,47+/m0/s1. The number of esters is 1. The van der Waals surface area contributed by atoms with Crippen LogP contribution in [0.3, 0.4) is 0 Å². The quantitative estimate of drug-likeness (QED) is 0.174. The summed E-state index contributed by atoms with van der Waals surface area (Å²) in [7, 11) is 0. The van der Waals surface area contributed by atoms with E-state index in [9.17, 15) is 65.8 Å². The molecule has 0 unspecified atom stereocenters. The van der Waals surface area contributed by atoms with E-state index in [2.05, 4.69) is 0 Å². The first kappa shape index (κ1) is 55.9. The Kier molecular flexibility index (Phi) is 23.6. The fourth-order valence-electron chi connectivity index (χ4n) is 7.97. The summed E-state index contributed by atoms with van der Waals surface area (Å²) in [4.78, 5) is 25.1. The molecular weight excluding hydrogens is 851 g/mol. The van der Waals surface area contributed by atoms with E-state index in [-0.39, 0.29) is 31.6 Å². The van der Waals surface area contributed by atoms with Gasteiger partial charge in [-0.25, -0.2) is 0 Å². The van der Waals surface area contributed by atoms with Gasteiger partial charge in [0.2, 0.25) is 0 Å². The van der Waals surface area contributed by atoms with Crippen molar-refractivity contribution in [3.8, 4) is 0 Å². The molecule has 3 heterocycles. The predicted molar refractivity (Wildman–Crippen MR) is 237 cm³/mol. The van der Waals surface area contributed by atoms with Crippen LogP contribution >= 0.6 is 0 Å². The van der Waals surface area contributed by atoms with Gasteiger partial charge in [0.1, 0.15) is 18.1 Å². The number of ether oxygens (including phenoxy) is 4. The van der Waals surface area contributed by atoms with Crippen molar-refractivity contribution in [2.24, 2.45) is 23.5 Å². The maximum Gasteiger partial charge on any atom is 0.311 e. The van der Waals surface area contributed by atoms with Gasteiger partial charge in [0.25, 0.3) is 0 Å². The number of fused-ring (bicyclic) bond motifs is 2. The van der Waals surface area contributed by atoms with Crippen molar-refractivity contribution < 1.29 is 84.7 Å². The van der Waals surface area contributed by atoms with Crippen molar-refractivity contribution in [3.63, 3.8) is 0 Å². The second-order valence-electron chi connectivity index (χ2n) is 17.6. The second-order valence-corrected chi connectivity index (χ2v) is 17.6. The van der Waals surface area contributed by atoms with Crippen molar-refractivity contribution in [1.82, 2.24) is 0 Å². The number of nitrogens with two attached hydrogens (primary N) is 1. The van der Waals surface area contributed by atoms with Gasteiger partial charge < -0.3 is 80.9 Å². The van der Waals surface area contributed by atoms with Crippen LogP contribution < -0.4 is 5.73 Å². The Morgan fingerprint density at radius 2 is 1.23 bits per heavy atom. The van der Waals surface area contributed by atoms with Gasteiger partial charge in [-0.2, -0.15) is 0 Å². The van der Waals surface area contributed by atoms with E-state index in [0.717, 1.165) is 0 Å². The molecule has 0 spiro atoms. The molecule has 0 amide bonds. The van der Waals surface area contributed by atoms with Crippen LogP contribution in [0, 0.1) is 17.8 Å². The largest absolute Gasteiger partial charge is 0.481 e. The first-order valence-corrected chi connectivity index (χ1v) is 22.3. The number of aliphatic hydroxyl groups excluding tert-OH is 9. The number of carbonyl (C=O) groups excluding carboxylic acids is 1. The van der Waals surface area contributed by atoms with Crippen LogP contribution in [0.1, 0.15) is 79.1 Å². The lowest BCUT2D eigenvalue weighted by atomic mass is 9.82. The van der Waals surface area contributed by atoms with Crippen molar-refractivity contribution in [3.05, 3.63) is 85.1 Å². The molecule has 2 bridgehead atoms. The van der Waals surface area contributed by atoms with E-state index < -0.39 is 147 Å². The molecule has 18 heteroatoms. The highest BCUT2D eigenvalue weighted by Gasteiger charge is 2.51. The van der Waals surface area contributed by atoms with Crippen molar-refractivity contribution in [1.29, 1.82) is 0 Å². The summed E-state index contributed by atoms with van der Waals surface area (Å²) < 4.78 is 23.1. The molecule has 3 aliphatic heterocycles. The molecule has 19 atom stereocenters. The summed E-state index contributed by atoms with van der Waals surface area (Å²) in [6, 6.07) is -1.15. The van der Waals surface area contributed by atoms with Crippen LogP contribution in [0.4, 0.5) is 0 Å². The minimum absolute atomic E-state index is 0.107. The molecule has 0 aliphatic carbocycles. The van der Waals surface area contributed by atoms with E-state index in [0.29, 0.717) is 0 Å². The molecule has 0 aromatic heterocycles. The van der Waals surface area contributed by atoms with E-state index in [1.807, 2.05) is 19.1 Å². The number of carbonyl (C=O) groups is 2. The van der Waals surface area contributed by atoms with Crippen LogP contribution in [0.5, 0.6) is 0 Å². The Bertz CT molecular complexity index is 1670. The molecule has 2 saturated heterocycles. The Hall–Kier alpha value is -3.44. The van der Waals surface area contributed by atoms with Crippen LogP contribution in [-0.4, -0.2) is 166 Å². The lowest BCUT2D eigenvalue weighted by Crippen LogP contribution is -2.61. The first-order chi connectivity index (χ1) is 30.6. The van der Waals surface area contributed by atoms with Gasteiger partial charge in [-0.3, -0.25) is 9.59 Å². The fourth-order valence-corrected chi connectivity index (χ4v) is 7.97. The van der Waals surface area contributed by atoms with Gasteiger partial charge >= 0.3 is 11.9 Å². The molecule has 2 fully saturated rings. The fraction of sp³-hybridized carbons (Fsp3) is 0.660. The molecule has 13 N–H and O–H groups in total. The summed E-state index contributed by atoms with van der Waals surface area (Å²) >= 11 is 0. The number of carboxylic acid groups (broad SMARTS) is 1. The lowest BCUT2D eigenvalue weighted by Gasteiger charge is -2.45. The Morgan fingerprint density at radius 1 is 0.662 bits per heavy atom. The molecule has 0 aromatic rings. The molecule has 18 nitrogen and oxygen atoms in total. The van der Waals surface area contributed by atoms with Crippen LogP contribution in [0.25, 0.3) is 0 Å². The van der Waals surface area contributed by atoms with Crippen molar-refractivity contribution >= 4 is 11.9 Å². The molecular formula is C47H73NO17. The number of cyclic esters (lactones) is 1. The number of aliphatic carboxylic acids is 1.